The number of esters is 1. The van der Waals surface area contributed by atoms with Crippen molar-refractivity contribution in [1.82, 2.24) is 0 Å². The summed E-state index contributed by atoms with van der Waals surface area (Å²) < 4.78 is 26.7. The van der Waals surface area contributed by atoms with Crippen molar-refractivity contribution in [3.63, 3.8) is 0 Å². The summed E-state index contributed by atoms with van der Waals surface area (Å²) in [4.78, 5) is 11.0. The van der Waals surface area contributed by atoms with E-state index in [0.29, 0.717) is 12.2 Å². The highest BCUT2D eigenvalue weighted by molar-refractivity contribution is 7.33. The second-order valence-electron chi connectivity index (χ2n) is 4.88. The van der Waals surface area contributed by atoms with Crippen LogP contribution in [-0.2, 0) is 23.1 Å². The molecule has 1 unspecified atom stereocenters. The SMILES string of the molecule is C=C(C)C(=O)OCCO[PH](=O)OCC[N+](C)(C)C. The van der Waals surface area contributed by atoms with Gasteiger partial charge in [-0.05, 0) is 6.92 Å². The van der Waals surface area contributed by atoms with E-state index in [2.05, 4.69) is 6.58 Å². The number of carbonyl (C=O) groups excluding carboxylic acids is 1. The first-order valence-electron chi connectivity index (χ1n) is 5.65. The Hall–Kier alpha value is -0.680. The predicted molar refractivity (Wildman–Crippen MR) is 69.6 cm³/mol. The zero-order valence-electron chi connectivity index (χ0n) is 11.5. The molecule has 0 N–H and O–H groups in total. The molecule has 0 fully saturated rings. The number of carbonyl (C=O) groups is 1. The second-order valence-corrected chi connectivity index (χ2v) is 5.95. The average Bonchev–Trinajstić information content (AvgIpc) is 2.22. The van der Waals surface area contributed by atoms with Crippen molar-refractivity contribution in [2.45, 2.75) is 6.92 Å². The minimum Gasteiger partial charge on any atom is -0.460 e. The van der Waals surface area contributed by atoms with Gasteiger partial charge in [-0.3, -0.25) is 4.57 Å². The molecule has 18 heavy (non-hydrogen) atoms. The van der Waals surface area contributed by atoms with Gasteiger partial charge in [0.15, 0.2) is 0 Å². The third-order valence-corrected chi connectivity index (χ3v) is 2.75. The molecule has 6 nitrogen and oxygen atoms in total. The van der Waals surface area contributed by atoms with E-state index in [1.807, 2.05) is 21.1 Å². The number of quaternary nitrogens is 1. The van der Waals surface area contributed by atoms with Crippen LogP contribution in [0.2, 0.25) is 0 Å². The molecule has 0 aromatic carbocycles. The van der Waals surface area contributed by atoms with Crippen LogP contribution in [0, 0.1) is 0 Å². The zero-order valence-corrected chi connectivity index (χ0v) is 12.5. The van der Waals surface area contributed by atoms with Gasteiger partial charge in [0.1, 0.15) is 19.8 Å². The molecule has 0 bridgehead atoms. The number of ether oxygens (including phenoxy) is 1. The quantitative estimate of drug-likeness (QED) is 0.209. The fraction of sp³-hybridized carbons (Fsp3) is 0.727. The monoisotopic (exact) mass is 280 g/mol. The van der Waals surface area contributed by atoms with Crippen molar-refractivity contribution in [2.75, 3.05) is 47.5 Å². The van der Waals surface area contributed by atoms with E-state index in [1.54, 1.807) is 6.92 Å². The largest absolute Gasteiger partial charge is 0.460 e. The normalized spacial score (nSPS) is 13.1. The van der Waals surface area contributed by atoms with Gasteiger partial charge in [-0.2, -0.15) is 0 Å². The summed E-state index contributed by atoms with van der Waals surface area (Å²) in [5.41, 5.74) is 0.321. The van der Waals surface area contributed by atoms with Crippen LogP contribution in [0.25, 0.3) is 0 Å². The van der Waals surface area contributed by atoms with Gasteiger partial charge in [0, 0.05) is 5.57 Å². The summed E-state index contributed by atoms with van der Waals surface area (Å²) in [6, 6.07) is 0. The smallest absolute Gasteiger partial charge is 0.333 e. The minimum atomic E-state index is -2.50. The van der Waals surface area contributed by atoms with Crippen molar-refractivity contribution < 1.29 is 27.6 Å². The van der Waals surface area contributed by atoms with Gasteiger partial charge in [0.05, 0.1) is 27.7 Å². The Labute approximate surface area is 109 Å². The molecule has 0 saturated carbocycles. The van der Waals surface area contributed by atoms with E-state index < -0.39 is 14.2 Å². The summed E-state index contributed by atoms with van der Waals surface area (Å²) in [6.45, 7) is 6.20. The molecule has 0 aliphatic rings. The molecule has 106 valence electrons. The molecule has 7 heteroatoms. The van der Waals surface area contributed by atoms with Crippen molar-refractivity contribution >= 4 is 14.2 Å². The summed E-state index contributed by atoms with van der Waals surface area (Å²) in [5, 5.41) is 0. The van der Waals surface area contributed by atoms with Gasteiger partial charge in [-0.1, -0.05) is 6.58 Å². The fourth-order valence-electron chi connectivity index (χ4n) is 0.827. The summed E-state index contributed by atoms with van der Waals surface area (Å²) in [6.07, 6.45) is 0. The lowest BCUT2D eigenvalue weighted by molar-refractivity contribution is -0.870. The minimum absolute atomic E-state index is 0.0425. The lowest BCUT2D eigenvalue weighted by Gasteiger charge is -2.23. The van der Waals surface area contributed by atoms with Crippen LogP contribution in [0.1, 0.15) is 6.92 Å². The van der Waals surface area contributed by atoms with Gasteiger partial charge in [-0.25, -0.2) is 4.79 Å². The summed E-state index contributed by atoms with van der Waals surface area (Å²) in [7, 11) is 3.53. The predicted octanol–water partition coefficient (Wildman–Crippen LogP) is 1.23. The van der Waals surface area contributed by atoms with Crippen molar-refractivity contribution in [1.29, 1.82) is 0 Å². The molecule has 0 aliphatic heterocycles. The Morgan fingerprint density at radius 1 is 1.17 bits per heavy atom. The number of likely N-dealkylation sites (N-methyl/N-ethyl adjacent to an activating group) is 1. The number of rotatable bonds is 9. The standard InChI is InChI=1S/C11H23NO5P/c1-10(2)11(13)15-8-9-17-18(14)16-7-6-12(3,4)5/h18H,1,6-9H2,2-5H3/q+1. The third-order valence-electron chi connectivity index (χ3n) is 1.87. The Balaban J connectivity index is 3.54. The average molecular weight is 280 g/mol. The van der Waals surface area contributed by atoms with Crippen LogP contribution in [0.4, 0.5) is 0 Å². The highest BCUT2D eigenvalue weighted by Gasteiger charge is 2.08. The molecule has 0 aromatic rings. The van der Waals surface area contributed by atoms with E-state index in [-0.39, 0.29) is 13.2 Å². The maximum atomic E-state index is 11.3. The summed E-state index contributed by atoms with van der Waals surface area (Å²) >= 11 is 0. The van der Waals surface area contributed by atoms with Crippen LogP contribution in [-0.4, -0.2) is 58.0 Å². The molecular weight excluding hydrogens is 257 g/mol. The molecule has 0 aromatic heterocycles. The molecule has 0 spiro atoms. The van der Waals surface area contributed by atoms with Crippen LogP contribution >= 0.6 is 8.25 Å². The van der Waals surface area contributed by atoms with Crippen LogP contribution in [0.3, 0.4) is 0 Å². The van der Waals surface area contributed by atoms with E-state index in [4.69, 9.17) is 13.8 Å². The topological polar surface area (TPSA) is 61.8 Å². The first-order chi connectivity index (χ1) is 8.22. The molecule has 1 atom stereocenters. The number of hydrogen-bond donors (Lipinski definition) is 0. The summed E-state index contributed by atoms with van der Waals surface area (Å²) in [5.74, 6) is -0.482. The molecule has 0 heterocycles. The number of nitrogens with zero attached hydrogens (tertiary/aromatic N) is 1. The second kappa shape index (κ2) is 8.43. The Morgan fingerprint density at radius 2 is 1.72 bits per heavy atom. The first-order valence-corrected chi connectivity index (χ1v) is 6.87. The number of hydrogen-bond acceptors (Lipinski definition) is 5. The zero-order chi connectivity index (χ0) is 14.2. The fourth-order valence-corrected chi connectivity index (χ4v) is 1.42. The molecule has 0 rings (SSSR count). The highest BCUT2D eigenvalue weighted by atomic mass is 31.1. The molecule has 0 saturated heterocycles. The van der Waals surface area contributed by atoms with Crippen molar-refractivity contribution in [3.05, 3.63) is 12.2 Å². The van der Waals surface area contributed by atoms with Crippen molar-refractivity contribution in [3.8, 4) is 0 Å². The Bertz CT molecular complexity index is 311. The van der Waals surface area contributed by atoms with Gasteiger partial charge in [-0.15, -0.1) is 0 Å². The Kier molecular flexibility index (Phi) is 8.11. The molecule has 0 amide bonds. The van der Waals surface area contributed by atoms with Gasteiger partial charge in [0.25, 0.3) is 0 Å². The molecule has 0 radical (unpaired) electrons. The van der Waals surface area contributed by atoms with Crippen LogP contribution in [0.15, 0.2) is 12.2 Å². The lowest BCUT2D eigenvalue weighted by Crippen LogP contribution is -2.37. The van der Waals surface area contributed by atoms with E-state index in [1.165, 1.54) is 0 Å². The van der Waals surface area contributed by atoms with E-state index in [9.17, 15) is 9.36 Å². The van der Waals surface area contributed by atoms with E-state index in [0.717, 1.165) is 11.0 Å². The highest BCUT2D eigenvalue weighted by Crippen LogP contribution is 2.22. The lowest BCUT2D eigenvalue weighted by atomic mass is 10.4. The van der Waals surface area contributed by atoms with Crippen molar-refractivity contribution in [2.24, 2.45) is 0 Å². The first kappa shape index (κ1) is 17.3. The van der Waals surface area contributed by atoms with Gasteiger partial charge < -0.3 is 18.3 Å². The van der Waals surface area contributed by atoms with Crippen LogP contribution in [0.5, 0.6) is 0 Å². The molecule has 0 aliphatic carbocycles. The third kappa shape index (κ3) is 10.5. The Morgan fingerprint density at radius 3 is 2.22 bits per heavy atom. The maximum Gasteiger partial charge on any atom is 0.333 e. The molecular formula is C11H23NO5P+. The van der Waals surface area contributed by atoms with E-state index >= 15 is 0 Å². The van der Waals surface area contributed by atoms with Gasteiger partial charge in [0.2, 0.25) is 0 Å². The van der Waals surface area contributed by atoms with Gasteiger partial charge >= 0.3 is 14.2 Å². The van der Waals surface area contributed by atoms with Crippen LogP contribution < -0.4 is 0 Å². The maximum absolute atomic E-state index is 11.3.